The SMILES string of the molecule is CC1=CC(=O)[C@H]2CC(=O)[C@H]3[C@@](C)(C[C@@]45OC(=O)C[C@]3(C)[C@]4(C)CC[C@]34C[C@@H](C)C[C@H](CN35)O4)[C@@H]2C1.Cl. The van der Waals surface area contributed by atoms with Gasteiger partial charge in [0, 0.05) is 36.6 Å². The predicted molar refractivity (Wildman–Crippen MR) is 135 cm³/mol. The maximum absolute atomic E-state index is 14.0. The molecule has 0 amide bonds. The lowest BCUT2D eigenvalue weighted by Gasteiger charge is -2.76. The van der Waals surface area contributed by atoms with E-state index in [1.807, 2.05) is 6.92 Å². The van der Waals surface area contributed by atoms with Gasteiger partial charge in [0.25, 0.3) is 0 Å². The number of piperidine rings is 1. The number of hydrogen-bond acceptors (Lipinski definition) is 6. The molecule has 2 saturated carbocycles. The number of carbonyl (C=O) groups excluding carboxylic acids is 3. The van der Waals surface area contributed by atoms with Gasteiger partial charge in [-0.05, 0) is 67.8 Å². The third kappa shape index (κ3) is 2.65. The molecule has 36 heavy (non-hydrogen) atoms. The number of allylic oxidation sites excluding steroid dienone is 2. The summed E-state index contributed by atoms with van der Waals surface area (Å²) in [4.78, 5) is 43.1. The first-order valence-corrected chi connectivity index (χ1v) is 13.8. The number of fused-ring (bicyclic) bond motifs is 5. The Hall–Kier alpha value is -1.24. The predicted octanol–water partition coefficient (Wildman–Crippen LogP) is 4.84. The van der Waals surface area contributed by atoms with Gasteiger partial charge in [0.15, 0.2) is 11.5 Å². The molecule has 7 heteroatoms. The van der Waals surface area contributed by atoms with E-state index in [1.165, 1.54) is 0 Å². The number of rotatable bonds is 0. The summed E-state index contributed by atoms with van der Waals surface area (Å²) in [5, 5.41) is 0. The van der Waals surface area contributed by atoms with Gasteiger partial charge in [-0.3, -0.25) is 14.4 Å². The molecule has 4 aliphatic heterocycles. The average molecular weight is 518 g/mol. The fraction of sp³-hybridized carbons (Fsp3) is 0.828. The molecule has 7 aliphatic rings. The molecule has 4 heterocycles. The Balaban J connectivity index is 0.00000240. The van der Waals surface area contributed by atoms with E-state index in [-0.39, 0.29) is 71.4 Å². The Morgan fingerprint density at radius 2 is 1.83 bits per heavy atom. The summed E-state index contributed by atoms with van der Waals surface area (Å²) in [7, 11) is 0. The highest BCUT2D eigenvalue weighted by Gasteiger charge is 2.82. The number of carbonyl (C=O) groups is 3. The molecule has 6 nitrogen and oxygen atoms in total. The van der Waals surface area contributed by atoms with Crippen LogP contribution in [0.3, 0.4) is 0 Å². The first-order chi connectivity index (χ1) is 16.4. The van der Waals surface area contributed by atoms with Crippen LogP contribution in [-0.2, 0) is 23.9 Å². The van der Waals surface area contributed by atoms with E-state index in [9.17, 15) is 14.4 Å². The number of nitrogens with zero attached hydrogens (tertiary/aromatic N) is 1. The normalized spacial score (nSPS) is 55.3. The van der Waals surface area contributed by atoms with E-state index >= 15 is 0 Å². The largest absolute Gasteiger partial charge is 0.443 e. The summed E-state index contributed by atoms with van der Waals surface area (Å²) in [6.07, 6.45) is 7.78. The highest BCUT2D eigenvalue weighted by molar-refractivity contribution is 5.99. The van der Waals surface area contributed by atoms with Crippen molar-refractivity contribution in [3.8, 4) is 0 Å². The van der Waals surface area contributed by atoms with Gasteiger partial charge in [-0.25, -0.2) is 4.90 Å². The minimum absolute atomic E-state index is 0. The molecule has 0 radical (unpaired) electrons. The maximum Gasteiger partial charge on any atom is 0.308 e. The van der Waals surface area contributed by atoms with Crippen LogP contribution in [0.1, 0.15) is 86.0 Å². The van der Waals surface area contributed by atoms with Crippen LogP contribution in [0.15, 0.2) is 11.6 Å². The molecule has 7 rings (SSSR count). The molecule has 4 bridgehead atoms. The van der Waals surface area contributed by atoms with Crippen molar-refractivity contribution in [1.29, 1.82) is 0 Å². The summed E-state index contributed by atoms with van der Waals surface area (Å²) in [5.74, 6) is 0.300. The van der Waals surface area contributed by atoms with Crippen molar-refractivity contribution in [2.24, 2.45) is 39.9 Å². The van der Waals surface area contributed by atoms with Crippen molar-refractivity contribution in [3.63, 3.8) is 0 Å². The van der Waals surface area contributed by atoms with Gasteiger partial charge in [-0.15, -0.1) is 12.4 Å². The number of Topliss-reactive ketones (excluding diaryl/α,β-unsaturated/α-hetero) is 1. The second-order valence-corrected chi connectivity index (χ2v) is 14.1. The van der Waals surface area contributed by atoms with Crippen molar-refractivity contribution in [2.75, 3.05) is 6.54 Å². The summed E-state index contributed by atoms with van der Waals surface area (Å²) in [6, 6.07) is 0. The van der Waals surface area contributed by atoms with Gasteiger partial charge in [-0.1, -0.05) is 33.3 Å². The van der Waals surface area contributed by atoms with Gasteiger partial charge >= 0.3 is 5.97 Å². The van der Waals surface area contributed by atoms with Crippen LogP contribution in [0.2, 0.25) is 0 Å². The highest BCUT2D eigenvalue weighted by atomic mass is 35.5. The van der Waals surface area contributed by atoms with E-state index in [0.717, 1.165) is 44.2 Å². The number of halogens is 1. The Kier molecular flexibility index (Phi) is 5.04. The number of ether oxygens (including phenoxy) is 2. The standard InChI is InChI=1S/C29H39NO5.ClH/c1-16-9-20-19(21(31)10-16)11-22(32)24-25(20,3)15-29-27(5,26(24,4)13-23(33)35-29)6-7-28-12-17(2)8-18(34-28)14-30(28)29;/h10,17-20,24H,6-9,11-15H2,1-5H3;1H/t17-,18+,19-,20+,24-,25-,26-,27-,28-,29+;/m0./s1. The van der Waals surface area contributed by atoms with Crippen molar-refractivity contribution >= 4 is 29.9 Å². The van der Waals surface area contributed by atoms with Gasteiger partial charge in [-0.2, -0.15) is 0 Å². The lowest BCUT2D eigenvalue weighted by Crippen LogP contribution is -2.82. The van der Waals surface area contributed by atoms with Crippen molar-refractivity contribution in [3.05, 3.63) is 11.6 Å². The molecule has 4 saturated heterocycles. The number of esters is 1. The molecule has 0 unspecified atom stereocenters. The molecule has 198 valence electrons. The molecule has 10 atom stereocenters. The van der Waals surface area contributed by atoms with Gasteiger partial charge in [0.1, 0.15) is 11.5 Å². The summed E-state index contributed by atoms with van der Waals surface area (Å²) >= 11 is 0. The van der Waals surface area contributed by atoms with Crippen LogP contribution in [0.4, 0.5) is 0 Å². The minimum Gasteiger partial charge on any atom is -0.443 e. The van der Waals surface area contributed by atoms with Crippen LogP contribution in [0, 0.1) is 39.9 Å². The highest BCUT2D eigenvalue weighted by Crippen LogP contribution is 2.77. The topological polar surface area (TPSA) is 72.9 Å². The number of hydrogen-bond donors (Lipinski definition) is 0. The Morgan fingerprint density at radius 1 is 1.08 bits per heavy atom. The first-order valence-electron chi connectivity index (χ1n) is 13.8. The van der Waals surface area contributed by atoms with Gasteiger partial charge in [0.2, 0.25) is 0 Å². The molecule has 3 aliphatic carbocycles. The molecular formula is C29H40ClNO5. The van der Waals surface area contributed by atoms with Crippen molar-refractivity contribution < 1.29 is 23.9 Å². The second-order valence-electron chi connectivity index (χ2n) is 14.1. The molecular weight excluding hydrogens is 478 g/mol. The van der Waals surface area contributed by atoms with Gasteiger partial charge in [0.05, 0.1) is 12.5 Å². The summed E-state index contributed by atoms with van der Waals surface area (Å²) in [6.45, 7) is 11.9. The minimum atomic E-state index is -0.806. The molecule has 1 spiro atoms. The lowest BCUT2D eigenvalue weighted by molar-refractivity contribution is -0.379. The van der Waals surface area contributed by atoms with Crippen LogP contribution in [0.5, 0.6) is 0 Å². The summed E-state index contributed by atoms with van der Waals surface area (Å²) in [5.41, 5.74) is -1.36. The zero-order valence-corrected chi connectivity index (χ0v) is 23.0. The maximum atomic E-state index is 14.0. The zero-order chi connectivity index (χ0) is 24.8. The monoisotopic (exact) mass is 517 g/mol. The van der Waals surface area contributed by atoms with Crippen LogP contribution >= 0.6 is 12.4 Å². The molecule has 0 aromatic carbocycles. The fourth-order valence-electron chi connectivity index (χ4n) is 11.0. The van der Waals surface area contributed by atoms with Crippen molar-refractivity contribution in [2.45, 2.75) is 104 Å². The average Bonchev–Trinajstić information content (AvgIpc) is 3.01. The third-order valence-corrected chi connectivity index (χ3v) is 12.3. The Morgan fingerprint density at radius 3 is 2.58 bits per heavy atom. The quantitative estimate of drug-likeness (QED) is 0.428. The van der Waals surface area contributed by atoms with E-state index < -0.39 is 16.6 Å². The molecule has 6 fully saturated rings. The number of ketones is 2. The third-order valence-electron chi connectivity index (χ3n) is 12.3. The van der Waals surface area contributed by atoms with E-state index in [4.69, 9.17) is 9.47 Å². The van der Waals surface area contributed by atoms with E-state index in [1.54, 1.807) is 6.08 Å². The van der Waals surface area contributed by atoms with Crippen LogP contribution in [0.25, 0.3) is 0 Å². The van der Waals surface area contributed by atoms with E-state index in [0.29, 0.717) is 18.8 Å². The van der Waals surface area contributed by atoms with Crippen molar-refractivity contribution in [1.82, 2.24) is 4.90 Å². The lowest BCUT2D eigenvalue weighted by atomic mass is 9.34. The van der Waals surface area contributed by atoms with Crippen LogP contribution < -0.4 is 0 Å². The fourth-order valence-corrected chi connectivity index (χ4v) is 11.0. The molecule has 0 N–H and O–H groups in total. The van der Waals surface area contributed by atoms with Gasteiger partial charge < -0.3 is 9.47 Å². The smallest absolute Gasteiger partial charge is 0.308 e. The van der Waals surface area contributed by atoms with E-state index in [2.05, 4.69) is 32.6 Å². The van der Waals surface area contributed by atoms with Crippen LogP contribution in [-0.4, -0.2) is 46.5 Å². The summed E-state index contributed by atoms with van der Waals surface area (Å²) < 4.78 is 13.4. The Bertz CT molecular complexity index is 1110. The first kappa shape index (κ1) is 25.1. The Labute approximate surface area is 220 Å². The molecule has 0 aromatic rings. The molecule has 0 aromatic heterocycles. The second kappa shape index (κ2) is 7.24. The zero-order valence-electron chi connectivity index (χ0n) is 22.2.